The first-order valence-corrected chi connectivity index (χ1v) is 15.4. The summed E-state index contributed by atoms with van der Waals surface area (Å²) in [5, 5.41) is 1.60. The van der Waals surface area contributed by atoms with Crippen molar-refractivity contribution in [3.05, 3.63) is 52.1 Å². The number of likely N-dealkylation sites (N-methyl/N-ethyl adjacent to an activating group) is 1. The van der Waals surface area contributed by atoms with Crippen LogP contribution in [0.5, 0.6) is 0 Å². The van der Waals surface area contributed by atoms with Crippen molar-refractivity contribution in [3.8, 4) is 0 Å². The fourth-order valence-corrected chi connectivity index (χ4v) is 11.9. The summed E-state index contributed by atoms with van der Waals surface area (Å²) in [6.45, 7) is 2.30. The molecule has 5 aliphatic rings. The molecule has 1 aromatic carbocycles. The molecule has 33 heavy (non-hydrogen) atoms. The van der Waals surface area contributed by atoms with Gasteiger partial charge in [0.05, 0.1) is 25.9 Å². The summed E-state index contributed by atoms with van der Waals surface area (Å²) in [5.41, 5.74) is 8.67. The highest BCUT2D eigenvalue weighted by Crippen LogP contribution is 2.70. The highest BCUT2D eigenvalue weighted by molar-refractivity contribution is 8.13. The van der Waals surface area contributed by atoms with E-state index in [4.69, 9.17) is 11.8 Å². The molecule has 1 N–H and O–H groups in total. The lowest BCUT2D eigenvalue weighted by Crippen LogP contribution is -3.06. The standard InChI is InChI=1S/C27H39N3PS.ClH/c1-6-7-8-9-10-11-12-13-14-22-23-17-20-15-16-21-18-24(20)29-25(23)19-26(28(2)3)27(22)31(29,32)30(21,4)5;/h15-19,22H,6-14H2,1-5H3;1H/q+1;. The van der Waals surface area contributed by atoms with Crippen molar-refractivity contribution in [2.75, 3.05) is 28.2 Å². The summed E-state index contributed by atoms with van der Waals surface area (Å²) in [7, 11) is 9.16. The van der Waals surface area contributed by atoms with E-state index in [1.807, 2.05) is 0 Å². The predicted molar refractivity (Wildman–Crippen MR) is 142 cm³/mol. The molecule has 1 aliphatic carbocycles. The number of nitrogens with one attached hydrogen (secondary N) is 1. The number of fused-ring (bicyclic) bond motifs is 2. The Labute approximate surface area is 212 Å². The molecule has 6 rings (SSSR count). The molecule has 3 atom stereocenters. The third kappa shape index (κ3) is 3.64. The summed E-state index contributed by atoms with van der Waals surface area (Å²) < 4.78 is 2.36. The zero-order chi connectivity index (χ0) is 22.7. The number of unbranched alkanes of at least 4 members (excludes halogenated alkanes) is 7. The maximum absolute atomic E-state index is 6.86. The zero-order valence-corrected chi connectivity index (χ0v) is 23.4. The topological polar surface area (TPSA) is 7.68 Å². The smallest absolute Gasteiger partial charge is 0.330 e. The summed E-state index contributed by atoms with van der Waals surface area (Å²) in [5.74, 6) is 0.502. The largest absolute Gasteiger partial charge is 1.00 e. The first-order valence-electron chi connectivity index (χ1n) is 12.7. The Morgan fingerprint density at radius 1 is 1.00 bits per heavy atom. The van der Waals surface area contributed by atoms with Gasteiger partial charge in [-0.2, -0.15) is 0 Å². The van der Waals surface area contributed by atoms with Gasteiger partial charge in [0, 0.05) is 55.1 Å². The van der Waals surface area contributed by atoms with Crippen molar-refractivity contribution in [1.29, 1.82) is 0 Å². The number of hydrogen-bond donors (Lipinski definition) is 1. The van der Waals surface area contributed by atoms with Crippen LogP contribution in [-0.2, 0) is 11.8 Å². The van der Waals surface area contributed by atoms with E-state index in [9.17, 15) is 0 Å². The van der Waals surface area contributed by atoms with Crippen LogP contribution in [0, 0.1) is 5.92 Å². The lowest BCUT2D eigenvalue weighted by Gasteiger charge is -2.55. The number of hydrogen-bond acceptors (Lipinski definition) is 2. The molecule has 0 saturated carbocycles. The minimum Gasteiger partial charge on any atom is -1.00 e. The SMILES string of the molecule is CCCCCCCCCCC1C2=Cc3ccc4cc3[NH+]3C2=CC(N(C)C)=C1P3(=S)[N+]4(C)C.[Cl-]. The molecular weight excluding hydrogens is 465 g/mol. The summed E-state index contributed by atoms with van der Waals surface area (Å²) in [6.07, 6.45) is 15.3. The molecular formula is C27H40ClN3PS+. The Hall–Kier alpha value is -0.900. The van der Waals surface area contributed by atoms with Gasteiger partial charge in [0.25, 0.3) is 0 Å². The number of quaternary nitrogens is 2. The average Bonchev–Trinajstić information content (AvgIpc) is 2.76. The van der Waals surface area contributed by atoms with Crippen LogP contribution in [0.15, 0.2) is 46.6 Å². The molecule has 6 heteroatoms. The van der Waals surface area contributed by atoms with Gasteiger partial charge < -0.3 is 17.3 Å². The van der Waals surface area contributed by atoms with E-state index in [1.54, 1.807) is 10.9 Å². The van der Waals surface area contributed by atoms with Crippen molar-refractivity contribution >= 4 is 35.6 Å². The predicted octanol–water partition coefficient (Wildman–Crippen LogP) is 3.33. The molecule has 1 saturated heterocycles. The van der Waals surface area contributed by atoms with Crippen LogP contribution in [0.25, 0.3) is 6.08 Å². The maximum atomic E-state index is 6.86. The van der Waals surface area contributed by atoms with Gasteiger partial charge >= 0.3 is 6.34 Å². The Morgan fingerprint density at radius 3 is 2.33 bits per heavy atom. The Balaban J connectivity index is 0.00000259. The second-order valence-corrected chi connectivity index (χ2v) is 15.4. The second kappa shape index (κ2) is 9.28. The van der Waals surface area contributed by atoms with Gasteiger partial charge in [0.15, 0.2) is 5.69 Å². The molecule has 0 aromatic heterocycles. The van der Waals surface area contributed by atoms with Crippen molar-refractivity contribution in [2.45, 2.75) is 64.7 Å². The van der Waals surface area contributed by atoms with Crippen molar-refractivity contribution < 1.29 is 17.1 Å². The molecule has 3 unspecified atom stereocenters. The Bertz CT molecular complexity index is 1080. The first kappa shape index (κ1) is 25.2. The van der Waals surface area contributed by atoms with Crippen LogP contribution in [0.2, 0.25) is 0 Å². The monoisotopic (exact) mass is 504 g/mol. The molecule has 4 heterocycles. The molecule has 6 bridgehead atoms. The number of nitrogens with zero attached hydrogens (tertiary/aromatic N) is 2. The first-order chi connectivity index (χ1) is 15.3. The zero-order valence-electron chi connectivity index (χ0n) is 21.0. The van der Waals surface area contributed by atoms with E-state index < -0.39 is 6.34 Å². The van der Waals surface area contributed by atoms with Crippen LogP contribution in [0.4, 0.5) is 11.4 Å². The minimum absolute atomic E-state index is 0. The van der Waals surface area contributed by atoms with Crippen LogP contribution < -0.4 is 21.3 Å². The summed E-state index contributed by atoms with van der Waals surface area (Å²) >= 11 is 6.86. The van der Waals surface area contributed by atoms with Crippen LogP contribution >= 0.6 is 6.34 Å². The maximum Gasteiger partial charge on any atom is 0.330 e. The fourth-order valence-electron chi connectivity index (χ4n) is 6.35. The van der Waals surface area contributed by atoms with Gasteiger partial charge in [-0.05, 0) is 18.6 Å². The second-order valence-electron chi connectivity index (χ2n) is 10.7. The minimum atomic E-state index is -1.97. The average molecular weight is 505 g/mol. The Kier molecular flexibility index (Phi) is 7.09. The van der Waals surface area contributed by atoms with Crippen molar-refractivity contribution in [2.24, 2.45) is 5.92 Å². The third-order valence-electron chi connectivity index (χ3n) is 8.21. The highest BCUT2D eigenvalue weighted by atomic mass is 35.5. The van der Waals surface area contributed by atoms with E-state index in [-0.39, 0.29) is 12.4 Å². The van der Waals surface area contributed by atoms with E-state index in [0.717, 1.165) is 4.25 Å². The molecule has 1 aromatic rings. The number of rotatable bonds is 10. The van der Waals surface area contributed by atoms with Crippen molar-refractivity contribution in [3.63, 3.8) is 0 Å². The summed E-state index contributed by atoms with van der Waals surface area (Å²) in [6, 6.07) is 7.09. The van der Waals surface area contributed by atoms with E-state index in [0.29, 0.717) is 5.92 Å². The van der Waals surface area contributed by atoms with E-state index in [2.05, 4.69) is 70.4 Å². The van der Waals surface area contributed by atoms with Crippen LogP contribution in [-0.4, -0.2) is 33.1 Å². The van der Waals surface area contributed by atoms with Gasteiger partial charge in [0.2, 0.25) is 0 Å². The fraction of sp³-hybridized carbons (Fsp3) is 0.556. The van der Waals surface area contributed by atoms with E-state index >= 15 is 0 Å². The summed E-state index contributed by atoms with van der Waals surface area (Å²) in [4.78, 5) is 2.34. The van der Waals surface area contributed by atoms with Gasteiger partial charge in [-0.3, -0.25) is 0 Å². The normalized spacial score (nSPS) is 27.3. The molecule has 1 fully saturated rings. The molecule has 0 amide bonds. The number of halogens is 1. The lowest BCUT2D eigenvalue weighted by molar-refractivity contribution is -0.649. The molecule has 3 nitrogen and oxygen atoms in total. The third-order valence-corrected chi connectivity index (χ3v) is 14.5. The van der Waals surface area contributed by atoms with Gasteiger partial charge in [-0.1, -0.05) is 58.3 Å². The number of benzene rings is 1. The van der Waals surface area contributed by atoms with E-state index in [1.165, 1.54) is 90.8 Å². The van der Waals surface area contributed by atoms with Gasteiger partial charge in [0.1, 0.15) is 16.7 Å². The van der Waals surface area contributed by atoms with Gasteiger partial charge in [-0.25, -0.2) is 8.92 Å². The highest BCUT2D eigenvalue weighted by Gasteiger charge is 2.66. The lowest BCUT2D eigenvalue weighted by atomic mass is 9.82. The molecule has 4 aliphatic heterocycles. The number of allylic oxidation sites excluding steroid dienone is 3. The Morgan fingerprint density at radius 2 is 1.67 bits per heavy atom. The molecule has 0 spiro atoms. The van der Waals surface area contributed by atoms with Crippen LogP contribution in [0.1, 0.15) is 70.3 Å². The van der Waals surface area contributed by atoms with Crippen LogP contribution in [0.3, 0.4) is 0 Å². The molecule has 0 radical (unpaired) electrons. The van der Waals surface area contributed by atoms with Crippen molar-refractivity contribution in [1.82, 2.24) is 9.15 Å². The van der Waals surface area contributed by atoms with Gasteiger partial charge in [-0.15, -0.1) is 0 Å². The molecule has 180 valence electrons. The quantitative estimate of drug-likeness (QED) is 0.386.